The summed E-state index contributed by atoms with van der Waals surface area (Å²) in [5.41, 5.74) is 19.7. The maximum atomic E-state index is 12.9. The lowest BCUT2D eigenvalue weighted by Crippen LogP contribution is -2.24. The number of hydrogen-bond acceptors (Lipinski definition) is 6. The second-order valence-corrected chi connectivity index (χ2v) is 16.6. The molecular weight excluding hydrogens is 655 g/mol. The minimum Gasteiger partial charge on any atom is -0.397 e. The van der Waals surface area contributed by atoms with Crippen molar-refractivity contribution in [2.45, 2.75) is 83.1 Å². The summed E-state index contributed by atoms with van der Waals surface area (Å²) in [4.78, 5) is 25.8. The molecule has 6 nitrogen and oxygen atoms in total. The molecule has 0 bridgehead atoms. The van der Waals surface area contributed by atoms with Crippen LogP contribution in [0.2, 0.25) is 0 Å². The Kier molecular flexibility index (Phi) is 14.4. The summed E-state index contributed by atoms with van der Waals surface area (Å²) in [6, 6.07) is 15.1. The number of carbonyl (C=O) groups excluding carboxylic acids is 2. The van der Waals surface area contributed by atoms with Crippen molar-refractivity contribution in [2.24, 2.45) is 21.7 Å². The summed E-state index contributed by atoms with van der Waals surface area (Å²) in [5, 5.41) is 6.35. The Morgan fingerprint density at radius 3 is 1.08 bits per heavy atom. The van der Waals surface area contributed by atoms with Crippen molar-refractivity contribution in [3.63, 3.8) is 0 Å². The molecule has 0 unspecified atom stereocenters. The lowest BCUT2D eigenvalue weighted by Gasteiger charge is -2.30. The fraction of sp³-hybridized carbons (Fsp3) is 0.381. The van der Waals surface area contributed by atoms with Crippen molar-refractivity contribution in [3.05, 3.63) is 119 Å². The first kappa shape index (κ1) is 42.4. The highest BCUT2D eigenvalue weighted by Crippen LogP contribution is 2.40. The molecule has 0 atom stereocenters. The second kappa shape index (κ2) is 17.0. The zero-order valence-corrected chi connectivity index (χ0v) is 33.9. The molecule has 2 aliphatic carbocycles. The Morgan fingerprint density at radius 2 is 0.820 bits per heavy atom. The van der Waals surface area contributed by atoms with Crippen molar-refractivity contribution in [3.8, 4) is 0 Å². The van der Waals surface area contributed by atoms with Gasteiger partial charge in [0.1, 0.15) is 0 Å². The number of hydrogen-bond donors (Lipinski definition) is 4. The van der Waals surface area contributed by atoms with Crippen molar-refractivity contribution >= 4 is 59.7 Å². The van der Waals surface area contributed by atoms with Gasteiger partial charge in [-0.3, -0.25) is 19.6 Å². The molecule has 0 heterocycles. The van der Waals surface area contributed by atoms with Gasteiger partial charge in [0.05, 0.1) is 22.7 Å². The third kappa shape index (κ3) is 11.7. The Morgan fingerprint density at radius 1 is 0.520 bits per heavy atom. The van der Waals surface area contributed by atoms with Gasteiger partial charge in [-0.05, 0) is 69.2 Å². The molecule has 2 radical (unpaired) electrons. The van der Waals surface area contributed by atoms with Crippen LogP contribution in [-0.4, -0.2) is 26.9 Å². The van der Waals surface area contributed by atoms with E-state index in [4.69, 9.17) is 11.5 Å². The van der Waals surface area contributed by atoms with Gasteiger partial charge < -0.3 is 22.1 Å². The Labute approximate surface area is 313 Å². The minimum absolute atomic E-state index is 0.0257. The summed E-state index contributed by atoms with van der Waals surface area (Å²) in [5.74, 6) is 0.134. The number of nitrogens with two attached hydrogens (primary N) is 2. The van der Waals surface area contributed by atoms with E-state index in [1.807, 2.05) is 76.1 Å². The van der Waals surface area contributed by atoms with Crippen molar-refractivity contribution in [2.75, 3.05) is 22.1 Å². The highest BCUT2D eigenvalue weighted by atomic mass is 35.6. The van der Waals surface area contributed by atoms with E-state index < -0.39 is 0 Å². The van der Waals surface area contributed by atoms with Gasteiger partial charge in [0.15, 0.2) is 11.6 Å². The first-order chi connectivity index (χ1) is 23.0. The molecule has 0 aromatic heterocycles. The van der Waals surface area contributed by atoms with E-state index in [1.54, 1.807) is 12.4 Å². The first-order valence-electron chi connectivity index (χ1n) is 16.8. The van der Waals surface area contributed by atoms with Crippen molar-refractivity contribution in [1.82, 2.24) is 0 Å². The van der Waals surface area contributed by atoms with E-state index in [0.29, 0.717) is 22.5 Å². The number of benzene rings is 2. The zero-order chi connectivity index (χ0) is 38.2. The van der Waals surface area contributed by atoms with E-state index in [-0.39, 0.29) is 33.2 Å². The van der Waals surface area contributed by atoms with Crippen LogP contribution in [0.25, 0.3) is 0 Å². The molecule has 0 spiro atoms. The van der Waals surface area contributed by atoms with Crippen molar-refractivity contribution in [1.29, 1.82) is 0 Å². The Bertz CT molecular complexity index is 1620. The van der Waals surface area contributed by atoms with Crippen LogP contribution in [0.15, 0.2) is 119 Å². The molecule has 4 rings (SSSR count). The van der Waals surface area contributed by atoms with E-state index in [1.165, 1.54) is 0 Å². The molecular formula is C42H56AlClN4O2. The van der Waals surface area contributed by atoms with E-state index in [2.05, 4.69) is 116 Å². The normalized spacial score (nSPS) is 17.0. The number of ketones is 2. The summed E-state index contributed by atoms with van der Waals surface area (Å²) in [7, 11) is 4.56. The predicted octanol–water partition coefficient (Wildman–Crippen LogP) is 10.5. The average Bonchev–Trinajstić information content (AvgIpc) is 3.00. The molecule has 0 saturated carbocycles. The van der Waals surface area contributed by atoms with Crippen LogP contribution < -0.4 is 22.1 Å². The Balaban J connectivity index is 0.000000330. The minimum atomic E-state index is -0.202. The molecule has 2 aromatic rings. The van der Waals surface area contributed by atoms with Crippen LogP contribution in [0, 0.1) is 21.7 Å². The second-order valence-electron chi connectivity index (χ2n) is 16.6. The van der Waals surface area contributed by atoms with Crippen LogP contribution >= 0.6 is 10.0 Å². The van der Waals surface area contributed by atoms with Gasteiger partial charge in [0.25, 0.3) is 15.4 Å². The third-order valence-corrected chi connectivity index (χ3v) is 8.27. The topological polar surface area (TPSA) is 110 Å². The zero-order valence-electron chi connectivity index (χ0n) is 32.0. The molecule has 0 saturated heterocycles. The van der Waals surface area contributed by atoms with Crippen molar-refractivity contribution < 1.29 is 9.59 Å². The number of halogens is 1. The number of carbonyl (C=O) groups is 2. The molecule has 50 heavy (non-hydrogen) atoms. The standard InChI is InChI=1S/2C21H28N2O.Al.ClH/c2*1-20(2,3)15-11-14(19(24)16(12-15)21(4,5)6)13-23-18-10-8-7-9-17(18)22;;/h2*7-13,23H,22H2,1-6H3;;1H/q;;+1;/p-1/b2*14-13+;;. The maximum absolute atomic E-state index is 12.9. The summed E-state index contributed by atoms with van der Waals surface area (Å²) < 4.78 is 0. The van der Waals surface area contributed by atoms with Crippen LogP contribution in [0.3, 0.4) is 0 Å². The predicted molar refractivity (Wildman–Crippen MR) is 217 cm³/mol. The molecule has 8 heteroatoms. The van der Waals surface area contributed by atoms with Crippen LogP contribution in [0.4, 0.5) is 22.7 Å². The van der Waals surface area contributed by atoms with Gasteiger partial charge >= 0.3 is 0 Å². The molecule has 2 aliphatic rings. The largest absolute Gasteiger partial charge is 0.397 e. The SMILES string of the molecule is CC(C)(C)C1=C/C(=C\Nc2ccccc2N)C(=O)C(C(C)(C)C)=C1.CC(C)(C)C1=C/C(=C\Nc2ccccc2N)C(=O)C(C(C)(C)C)=C1.[Al][Cl]. The van der Waals surface area contributed by atoms with Crippen LogP contribution in [0.1, 0.15) is 83.1 Å². The lowest BCUT2D eigenvalue weighted by molar-refractivity contribution is -0.113. The summed E-state index contributed by atoms with van der Waals surface area (Å²) in [6.07, 6.45) is 11.6. The third-order valence-electron chi connectivity index (χ3n) is 8.27. The molecule has 0 aliphatic heterocycles. The molecule has 0 amide bonds. The van der Waals surface area contributed by atoms with E-state index in [9.17, 15) is 9.59 Å². The number of nitrogens with one attached hydrogen (secondary N) is 2. The fourth-order valence-corrected chi connectivity index (χ4v) is 5.07. The van der Waals surface area contributed by atoms with Gasteiger partial charge in [-0.15, -0.1) is 0 Å². The number of rotatable bonds is 4. The maximum Gasteiger partial charge on any atom is 0.293 e. The molecule has 2 aromatic carbocycles. The van der Waals surface area contributed by atoms with E-state index in [0.717, 1.165) is 33.7 Å². The molecule has 266 valence electrons. The average molecular weight is 711 g/mol. The lowest BCUT2D eigenvalue weighted by atomic mass is 9.73. The monoisotopic (exact) mass is 710 g/mol. The van der Waals surface area contributed by atoms with Crippen LogP contribution in [-0.2, 0) is 9.59 Å². The fourth-order valence-electron chi connectivity index (χ4n) is 5.07. The number of para-hydroxylation sites is 4. The van der Waals surface area contributed by atoms with Gasteiger partial charge in [-0.1, -0.05) is 120 Å². The summed E-state index contributed by atoms with van der Waals surface area (Å²) >= 11 is 1.89. The number of nitrogen functional groups attached to an aromatic ring is 2. The molecule has 0 fully saturated rings. The highest BCUT2D eigenvalue weighted by molar-refractivity contribution is 6.80. The van der Waals surface area contributed by atoms with Gasteiger partial charge in [0, 0.05) is 34.7 Å². The first-order valence-corrected chi connectivity index (χ1v) is 18.6. The number of Topliss-reactive ketones (excluding diaryl/α,β-unsaturated/α-hetero) is 2. The smallest absolute Gasteiger partial charge is 0.293 e. The Hall–Kier alpha value is -3.76. The molecule has 6 N–H and O–H groups in total. The number of allylic oxidation sites excluding steroid dienone is 10. The quantitative estimate of drug-likeness (QED) is 0.143. The van der Waals surface area contributed by atoms with Gasteiger partial charge in [-0.2, -0.15) is 0 Å². The van der Waals surface area contributed by atoms with Gasteiger partial charge in [0.2, 0.25) is 0 Å². The highest BCUT2D eigenvalue weighted by Gasteiger charge is 2.32. The summed E-state index contributed by atoms with van der Waals surface area (Å²) in [6.45, 7) is 25.4. The van der Waals surface area contributed by atoms with Gasteiger partial charge in [-0.25, -0.2) is 0 Å². The van der Waals surface area contributed by atoms with Crippen LogP contribution in [0.5, 0.6) is 0 Å². The number of anilines is 4. The van der Waals surface area contributed by atoms with E-state index >= 15 is 0 Å².